The first kappa shape index (κ1) is 18.0. The van der Waals surface area contributed by atoms with Gasteiger partial charge in [0.1, 0.15) is 16.3 Å². The molecule has 7 heteroatoms. The van der Waals surface area contributed by atoms with Gasteiger partial charge in [-0.05, 0) is 56.6 Å². The third kappa shape index (κ3) is 4.26. The fraction of sp³-hybridized carbons (Fsp3) is 0.500. The van der Waals surface area contributed by atoms with E-state index >= 15 is 0 Å². The van der Waals surface area contributed by atoms with Crippen LogP contribution in [-0.4, -0.2) is 26.6 Å². The van der Waals surface area contributed by atoms with E-state index in [1.807, 2.05) is 6.08 Å². The highest BCUT2D eigenvalue weighted by molar-refractivity contribution is 7.91. The molecular formula is C18H21F2NO3S. The van der Waals surface area contributed by atoms with Gasteiger partial charge in [0.05, 0.1) is 5.75 Å². The fourth-order valence-electron chi connectivity index (χ4n) is 3.01. The SMILES string of the molecule is O=C(NCC1=CCCCC1)c1c(F)ccc(S(=O)(=O)CC2CC2)c1F. The molecule has 2 aliphatic carbocycles. The lowest BCUT2D eigenvalue weighted by Crippen LogP contribution is -2.28. The zero-order valence-corrected chi connectivity index (χ0v) is 14.7. The quantitative estimate of drug-likeness (QED) is 0.618. The number of rotatable bonds is 6. The molecular weight excluding hydrogens is 348 g/mol. The van der Waals surface area contributed by atoms with Gasteiger partial charge < -0.3 is 5.32 Å². The zero-order chi connectivity index (χ0) is 18.0. The van der Waals surface area contributed by atoms with Crippen molar-refractivity contribution >= 4 is 15.7 Å². The van der Waals surface area contributed by atoms with Crippen LogP contribution in [0.2, 0.25) is 0 Å². The summed E-state index contributed by atoms with van der Waals surface area (Å²) in [4.78, 5) is 11.6. The number of allylic oxidation sites excluding steroid dienone is 1. The summed E-state index contributed by atoms with van der Waals surface area (Å²) < 4.78 is 53.2. The van der Waals surface area contributed by atoms with Crippen LogP contribution in [-0.2, 0) is 9.84 Å². The molecule has 25 heavy (non-hydrogen) atoms. The second kappa shape index (κ2) is 7.23. The Labute approximate surface area is 146 Å². The smallest absolute Gasteiger partial charge is 0.257 e. The Bertz CT molecular complexity index is 814. The van der Waals surface area contributed by atoms with Crippen LogP contribution >= 0.6 is 0 Å². The minimum absolute atomic E-state index is 0.0324. The normalized spacial score (nSPS) is 17.9. The van der Waals surface area contributed by atoms with Crippen molar-refractivity contribution < 1.29 is 22.0 Å². The molecule has 0 bridgehead atoms. The van der Waals surface area contributed by atoms with E-state index in [2.05, 4.69) is 5.32 Å². The maximum atomic E-state index is 14.6. The molecule has 1 aromatic rings. The highest BCUT2D eigenvalue weighted by Gasteiger charge is 2.33. The molecule has 0 spiro atoms. The maximum Gasteiger partial charge on any atom is 0.257 e. The largest absolute Gasteiger partial charge is 0.348 e. The van der Waals surface area contributed by atoms with Crippen molar-refractivity contribution in [2.75, 3.05) is 12.3 Å². The molecule has 0 heterocycles. The molecule has 0 unspecified atom stereocenters. The number of halogens is 2. The lowest BCUT2D eigenvalue weighted by Gasteiger charge is -2.14. The molecule has 3 rings (SSSR count). The molecule has 136 valence electrons. The molecule has 1 amide bonds. The predicted octanol–water partition coefficient (Wildman–Crippen LogP) is 3.38. The second-order valence-corrected chi connectivity index (χ2v) is 8.75. The first-order valence-electron chi connectivity index (χ1n) is 8.55. The van der Waals surface area contributed by atoms with Crippen molar-refractivity contribution in [3.05, 3.63) is 41.0 Å². The topological polar surface area (TPSA) is 63.2 Å². The summed E-state index contributed by atoms with van der Waals surface area (Å²) >= 11 is 0. The van der Waals surface area contributed by atoms with Gasteiger partial charge in [-0.15, -0.1) is 0 Å². The number of carbonyl (C=O) groups excluding carboxylic acids is 1. The van der Waals surface area contributed by atoms with Crippen molar-refractivity contribution in [1.29, 1.82) is 0 Å². The van der Waals surface area contributed by atoms with Gasteiger partial charge in [-0.25, -0.2) is 17.2 Å². The van der Waals surface area contributed by atoms with Gasteiger partial charge in [0, 0.05) is 6.54 Å². The van der Waals surface area contributed by atoms with Gasteiger partial charge in [0.25, 0.3) is 5.91 Å². The van der Waals surface area contributed by atoms with Crippen LogP contribution in [0.15, 0.2) is 28.7 Å². The summed E-state index contributed by atoms with van der Waals surface area (Å²) in [5.41, 5.74) is 0.200. The minimum Gasteiger partial charge on any atom is -0.348 e. The van der Waals surface area contributed by atoms with Crippen molar-refractivity contribution in [2.45, 2.75) is 43.4 Å². The minimum atomic E-state index is -3.87. The van der Waals surface area contributed by atoms with Gasteiger partial charge in [0.2, 0.25) is 0 Å². The van der Waals surface area contributed by atoms with E-state index in [0.29, 0.717) is 0 Å². The van der Waals surface area contributed by atoms with Gasteiger partial charge in [0.15, 0.2) is 15.7 Å². The fourth-order valence-corrected chi connectivity index (χ4v) is 4.80. The predicted molar refractivity (Wildman–Crippen MR) is 90.0 cm³/mol. The maximum absolute atomic E-state index is 14.6. The van der Waals surface area contributed by atoms with Crippen LogP contribution in [0.25, 0.3) is 0 Å². The number of benzene rings is 1. The lowest BCUT2D eigenvalue weighted by molar-refractivity contribution is 0.0947. The molecule has 1 aromatic carbocycles. The number of amides is 1. The zero-order valence-electron chi connectivity index (χ0n) is 13.9. The van der Waals surface area contributed by atoms with Crippen molar-refractivity contribution in [2.24, 2.45) is 5.92 Å². The summed E-state index contributed by atoms with van der Waals surface area (Å²) in [5, 5.41) is 2.50. The average Bonchev–Trinajstić information content (AvgIpc) is 3.37. The lowest BCUT2D eigenvalue weighted by atomic mass is 9.99. The summed E-state index contributed by atoms with van der Waals surface area (Å²) in [5.74, 6) is -3.41. The van der Waals surface area contributed by atoms with Crippen molar-refractivity contribution in [1.82, 2.24) is 5.32 Å². The summed E-state index contributed by atoms with van der Waals surface area (Å²) in [6.07, 6.45) is 7.52. The van der Waals surface area contributed by atoms with Crippen LogP contribution in [0.1, 0.15) is 48.9 Å². The van der Waals surface area contributed by atoms with E-state index in [-0.39, 0.29) is 18.2 Å². The number of hydrogen-bond donors (Lipinski definition) is 1. The van der Waals surface area contributed by atoms with Crippen LogP contribution in [0.5, 0.6) is 0 Å². The van der Waals surface area contributed by atoms with Gasteiger partial charge in [-0.3, -0.25) is 4.79 Å². The van der Waals surface area contributed by atoms with Gasteiger partial charge in [-0.2, -0.15) is 0 Å². The summed E-state index contributed by atoms with van der Waals surface area (Å²) in [7, 11) is -3.87. The molecule has 1 saturated carbocycles. The number of hydrogen-bond acceptors (Lipinski definition) is 3. The standard InChI is InChI=1S/C18H21F2NO3S/c19-14-8-9-15(25(23,24)11-13-6-7-13)17(20)16(14)18(22)21-10-12-4-2-1-3-5-12/h4,8-9,13H,1-3,5-7,10-11H2,(H,21,22). The number of carbonyl (C=O) groups is 1. The van der Waals surface area contributed by atoms with E-state index in [9.17, 15) is 22.0 Å². The monoisotopic (exact) mass is 369 g/mol. The second-order valence-electron chi connectivity index (χ2n) is 6.75. The molecule has 2 aliphatic rings. The Kier molecular flexibility index (Phi) is 5.22. The van der Waals surface area contributed by atoms with E-state index < -0.39 is 37.8 Å². The Morgan fingerprint density at radius 3 is 2.60 bits per heavy atom. The molecule has 0 aromatic heterocycles. The molecule has 0 atom stereocenters. The Balaban J connectivity index is 1.81. The van der Waals surface area contributed by atoms with Crippen LogP contribution < -0.4 is 5.32 Å². The first-order valence-corrected chi connectivity index (χ1v) is 10.2. The van der Waals surface area contributed by atoms with Crippen molar-refractivity contribution in [3.63, 3.8) is 0 Å². The highest BCUT2D eigenvalue weighted by Crippen LogP contribution is 2.33. The van der Waals surface area contributed by atoms with E-state index in [1.54, 1.807) is 0 Å². The average molecular weight is 369 g/mol. The first-order chi connectivity index (χ1) is 11.9. The van der Waals surface area contributed by atoms with Crippen LogP contribution in [0.3, 0.4) is 0 Å². The van der Waals surface area contributed by atoms with Gasteiger partial charge >= 0.3 is 0 Å². The number of sulfone groups is 1. The molecule has 0 saturated heterocycles. The van der Waals surface area contributed by atoms with Gasteiger partial charge in [-0.1, -0.05) is 11.6 Å². The van der Waals surface area contributed by atoms with Crippen LogP contribution in [0.4, 0.5) is 8.78 Å². The molecule has 1 N–H and O–H groups in total. The third-order valence-electron chi connectivity index (χ3n) is 4.63. The summed E-state index contributed by atoms with van der Waals surface area (Å²) in [6.45, 7) is 0.219. The van der Waals surface area contributed by atoms with E-state index in [0.717, 1.165) is 56.2 Å². The Hall–Kier alpha value is -1.76. The van der Waals surface area contributed by atoms with E-state index in [4.69, 9.17) is 0 Å². The highest BCUT2D eigenvalue weighted by atomic mass is 32.2. The summed E-state index contributed by atoms with van der Waals surface area (Å²) in [6, 6.07) is 1.75. The molecule has 0 radical (unpaired) electrons. The molecule has 4 nitrogen and oxygen atoms in total. The third-order valence-corrected chi connectivity index (χ3v) is 6.53. The number of nitrogens with one attached hydrogen (secondary N) is 1. The van der Waals surface area contributed by atoms with E-state index in [1.165, 1.54) is 0 Å². The Morgan fingerprint density at radius 1 is 1.20 bits per heavy atom. The Morgan fingerprint density at radius 2 is 1.96 bits per heavy atom. The van der Waals surface area contributed by atoms with Crippen LogP contribution in [0, 0.1) is 17.6 Å². The van der Waals surface area contributed by atoms with Crippen molar-refractivity contribution in [3.8, 4) is 0 Å². The molecule has 1 fully saturated rings. The molecule has 0 aliphatic heterocycles.